The molecule has 0 aliphatic carbocycles. The van der Waals surface area contributed by atoms with Crippen molar-refractivity contribution >= 4 is 17.7 Å². The average molecular weight is 861 g/mol. The summed E-state index contributed by atoms with van der Waals surface area (Å²) in [5.74, 6) is -4.81. The van der Waals surface area contributed by atoms with Crippen molar-refractivity contribution in [2.75, 3.05) is 56.1 Å². The van der Waals surface area contributed by atoms with Gasteiger partial charge in [0.05, 0.1) is 48.5 Å². The third-order valence-electron chi connectivity index (χ3n) is 13.5. The summed E-state index contributed by atoms with van der Waals surface area (Å²) in [4.78, 5) is 45.5. The Kier molecular flexibility index (Phi) is 19.0. The summed E-state index contributed by atoms with van der Waals surface area (Å²) in [7, 11) is 12.4. The molecule has 2 N–H and O–H groups in total. The Balaban J connectivity index is 2.21. The lowest BCUT2D eigenvalue weighted by atomic mass is 9.74. The molecule has 3 heterocycles. The van der Waals surface area contributed by atoms with Gasteiger partial charge in [-0.05, 0) is 89.0 Å². The number of cyclic esters (lactones) is 1. The summed E-state index contributed by atoms with van der Waals surface area (Å²) in [6, 6.07) is -0.0669. The first-order chi connectivity index (χ1) is 27.8. The van der Waals surface area contributed by atoms with Crippen LogP contribution in [0.1, 0.15) is 101 Å². The van der Waals surface area contributed by atoms with Crippen molar-refractivity contribution in [3.8, 4) is 0 Å². The van der Waals surface area contributed by atoms with E-state index in [-0.39, 0.29) is 49.6 Å². The van der Waals surface area contributed by atoms with E-state index in [1.54, 1.807) is 55.9 Å². The highest BCUT2D eigenvalue weighted by atomic mass is 16.7. The van der Waals surface area contributed by atoms with E-state index < -0.39 is 102 Å². The fourth-order valence-corrected chi connectivity index (χ4v) is 9.55. The van der Waals surface area contributed by atoms with Crippen LogP contribution >= 0.6 is 0 Å². The number of hydrogen-bond acceptors (Lipinski definition) is 16. The first-order valence-electron chi connectivity index (χ1n) is 21.7. The topological polar surface area (TPSA) is 181 Å². The number of carbonyl (C=O) groups excluding carboxylic acids is 3. The molecule has 0 unspecified atom stereocenters. The van der Waals surface area contributed by atoms with Crippen LogP contribution in [-0.4, -0.2) is 178 Å². The van der Waals surface area contributed by atoms with Crippen molar-refractivity contribution in [3.63, 3.8) is 0 Å². The summed E-state index contributed by atoms with van der Waals surface area (Å²) >= 11 is 0. The molecule has 3 rings (SSSR count). The van der Waals surface area contributed by atoms with E-state index in [4.69, 9.17) is 42.6 Å². The van der Waals surface area contributed by atoms with Crippen LogP contribution in [0.4, 0.5) is 0 Å². The van der Waals surface area contributed by atoms with Gasteiger partial charge >= 0.3 is 11.9 Å². The van der Waals surface area contributed by atoms with Crippen LogP contribution in [0.3, 0.4) is 0 Å². The third kappa shape index (κ3) is 12.0. The molecule has 0 saturated carbocycles. The highest BCUT2D eigenvalue weighted by Gasteiger charge is 2.55. The largest absolute Gasteiger partial charge is 0.459 e. The van der Waals surface area contributed by atoms with Gasteiger partial charge < -0.3 is 62.6 Å². The second-order valence-corrected chi connectivity index (χ2v) is 18.9. The monoisotopic (exact) mass is 861 g/mol. The number of rotatable bonds is 13. The minimum absolute atomic E-state index is 0.0669. The molecular formula is C44H80N2O14. The zero-order valence-corrected chi connectivity index (χ0v) is 39.6. The van der Waals surface area contributed by atoms with Gasteiger partial charge in [-0.3, -0.25) is 14.4 Å². The van der Waals surface area contributed by atoms with E-state index in [0.717, 1.165) is 0 Å². The molecular weight excluding hydrogens is 780 g/mol. The summed E-state index contributed by atoms with van der Waals surface area (Å²) in [5, 5.41) is 23.3. The van der Waals surface area contributed by atoms with Crippen molar-refractivity contribution < 1.29 is 67.2 Å². The molecule has 0 aromatic heterocycles. The van der Waals surface area contributed by atoms with Gasteiger partial charge in [0.2, 0.25) is 0 Å². The molecule has 0 aromatic carbocycles. The zero-order valence-electron chi connectivity index (χ0n) is 39.6. The molecule has 18 atom stereocenters. The third-order valence-corrected chi connectivity index (χ3v) is 13.5. The Bertz CT molecular complexity index is 1400. The number of ketones is 1. The SMILES string of the molecule is CC[C@H]1OC(=O)[C@H](C)[C@@H](O[C@H]2C[C@@](C)(OC)[C@@H](OC(=O)CCN(C)C)[C@H](C)O2)[C@H](C)[C@@H](O[C@@H]2O[C@H](C)C[C@H](N(C)C)[C@H]2OC)[C@@](C)(OC)C[C@@H](C)C(=O)[C@H](C)[C@@H](O)[C@]1(C)O. The molecule has 16 heteroatoms. The fourth-order valence-electron chi connectivity index (χ4n) is 9.55. The van der Waals surface area contributed by atoms with Crippen LogP contribution in [0, 0.1) is 23.7 Å². The number of Topliss-reactive ketones (excluding diaryl/α,β-unsaturated/α-hetero) is 1. The van der Waals surface area contributed by atoms with Gasteiger partial charge in [-0.15, -0.1) is 0 Å². The van der Waals surface area contributed by atoms with Gasteiger partial charge in [-0.25, -0.2) is 0 Å². The molecule has 3 fully saturated rings. The van der Waals surface area contributed by atoms with Gasteiger partial charge in [0.15, 0.2) is 18.7 Å². The molecule has 16 nitrogen and oxygen atoms in total. The smallest absolute Gasteiger partial charge is 0.311 e. The number of hydrogen-bond donors (Lipinski definition) is 2. The van der Waals surface area contributed by atoms with E-state index in [9.17, 15) is 24.6 Å². The van der Waals surface area contributed by atoms with Crippen molar-refractivity contribution in [1.29, 1.82) is 0 Å². The Morgan fingerprint density at radius 1 is 0.850 bits per heavy atom. The van der Waals surface area contributed by atoms with Gasteiger partial charge in [-0.2, -0.15) is 0 Å². The van der Waals surface area contributed by atoms with Gasteiger partial charge in [0.1, 0.15) is 29.2 Å². The minimum atomic E-state index is -1.98. The maximum Gasteiger partial charge on any atom is 0.311 e. The predicted molar refractivity (Wildman–Crippen MR) is 223 cm³/mol. The number of methoxy groups -OCH3 is 3. The van der Waals surface area contributed by atoms with Crippen LogP contribution in [0.5, 0.6) is 0 Å². The lowest BCUT2D eigenvalue weighted by Crippen LogP contribution is -2.62. The summed E-state index contributed by atoms with van der Waals surface area (Å²) in [5.41, 5.74) is -4.25. The first-order valence-corrected chi connectivity index (χ1v) is 21.7. The Hall–Kier alpha value is -1.83. The summed E-state index contributed by atoms with van der Waals surface area (Å²) in [6.07, 6.45) is -7.41. The summed E-state index contributed by atoms with van der Waals surface area (Å²) < 4.78 is 57.5. The lowest BCUT2D eigenvalue weighted by molar-refractivity contribution is -0.321. The van der Waals surface area contributed by atoms with E-state index in [1.807, 2.05) is 60.8 Å². The first kappa shape index (κ1) is 52.5. The van der Waals surface area contributed by atoms with Crippen LogP contribution in [0.2, 0.25) is 0 Å². The van der Waals surface area contributed by atoms with E-state index in [0.29, 0.717) is 13.0 Å². The maximum atomic E-state index is 14.5. The van der Waals surface area contributed by atoms with Crippen LogP contribution in [0.25, 0.3) is 0 Å². The van der Waals surface area contributed by atoms with Crippen molar-refractivity contribution in [2.45, 2.75) is 186 Å². The Labute approximate surface area is 359 Å². The molecule has 60 heavy (non-hydrogen) atoms. The predicted octanol–water partition coefficient (Wildman–Crippen LogP) is 3.60. The second-order valence-electron chi connectivity index (χ2n) is 18.9. The van der Waals surface area contributed by atoms with Crippen molar-refractivity contribution in [2.24, 2.45) is 23.7 Å². The lowest BCUT2D eigenvalue weighted by Gasteiger charge is -2.50. The van der Waals surface area contributed by atoms with Crippen LogP contribution in [-0.2, 0) is 57.0 Å². The number of esters is 2. The molecule has 3 aliphatic rings. The molecule has 350 valence electrons. The van der Waals surface area contributed by atoms with Crippen LogP contribution < -0.4 is 0 Å². The molecule has 3 saturated heterocycles. The van der Waals surface area contributed by atoms with E-state index in [2.05, 4.69) is 4.90 Å². The average Bonchev–Trinajstić information content (AvgIpc) is 3.19. The number of aliphatic hydroxyl groups is 2. The molecule has 0 bridgehead atoms. The molecule has 0 radical (unpaired) electrons. The van der Waals surface area contributed by atoms with Gasteiger partial charge in [0, 0.05) is 58.1 Å². The molecule has 3 aliphatic heterocycles. The highest BCUT2D eigenvalue weighted by molar-refractivity contribution is 5.83. The fraction of sp³-hybridized carbons (Fsp3) is 0.932. The number of nitrogens with zero attached hydrogens (tertiary/aromatic N) is 2. The second kappa shape index (κ2) is 21.7. The molecule has 0 amide bonds. The van der Waals surface area contributed by atoms with E-state index in [1.165, 1.54) is 6.92 Å². The van der Waals surface area contributed by atoms with E-state index >= 15 is 0 Å². The number of likely N-dealkylation sites (N-methyl/N-ethyl adjacent to an activating group) is 1. The van der Waals surface area contributed by atoms with Crippen LogP contribution in [0.15, 0.2) is 0 Å². The molecule has 0 spiro atoms. The maximum absolute atomic E-state index is 14.5. The van der Waals surface area contributed by atoms with Gasteiger partial charge in [0.25, 0.3) is 0 Å². The van der Waals surface area contributed by atoms with Gasteiger partial charge in [-0.1, -0.05) is 27.7 Å². The Morgan fingerprint density at radius 2 is 1.45 bits per heavy atom. The highest BCUT2D eigenvalue weighted by Crippen LogP contribution is 2.42. The normalized spacial score (nSPS) is 44.0. The quantitative estimate of drug-likeness (QED) is 0.256. The number of ether oxygens (including phenoxy) is 9. The number of aliphatic hydroxyl groups excluding tert-OH is 1. The minimum Gasteiger partial charge on any atom is -0.459 e. The van der Waals surface area contributed by atoms with Crippen molar-refractivity contribution in [1.82, 2.24) is 9.80 Å². The van der Waals surface area contributed by atoms with Crippen molar-refractivity contribution in [3.05, 3.63) is 0 Å². The summed E-state index contributed by atoms with van der Waals surface area (Å²) in [6.45, 7) is 18.0. The standard InChI is InChI=1S/C44H80N2O14/c1-18-31-44(10,51)37(49)26(4)34(48)24(2)22-42(8,53-16)38(60-41-36(52-15)30(46(13)14)21-25(3)55-41)27(5)35(28(6)40(50)57-31)59-33-23-43(9,54-17)39(29(7)56-33)58-32(47)19-20-45(11)12/h24-31,33,35-39,41,49,51H,18-23H2,1-17H3/t24-,25-,26+,27+,28-,29+,30+,31-,33+,35+,36-,37-,38-,39+,41+,42+,43-,44-/m1/s1. The molecule has 0 aromatic rings. The number of carbonyl (C=O) groups is 3. The zero-order chi connectivity index (χ0) is 45.7. The Morgan fingerprint density at radius 3 is 1.98 bits per heavy atom.